The summed E-state index contributed by atoms with van der Waals surface area (Å²) in [6, 6.07) is 15.2. The zero-order chi connectivity index (χ0) is 20.1. The van der Waals surface area contributed by atoms with Crippen LogP contribution in [-0.4, -0.2) is 60.1 Å². The first kappa shape index (κ1) is 18.9. The Bertz CT molecular complexity index is 957. The number of amides is 1. The topological polar surface area (TPSA) is 74.0 Å². The fraction of sp³-hybridized carbons (Fsp3) is 0.227. The first-order chi connectivity index (χ1) is 14.2. The highest BCUT2D eigenvalue weighted by Crippen LogP contribution is 2.20. The van der Waals surface area contributed by atoms with Gasteiger partial charge in [0.2, 0.25) is 0 Å². The number of hydrogen-bond acceptors (Lipinski definition) is 6. The summed E-state index contributed by atoms with van der Waals surface area (Å²) in [6.45, 7) is 3.39. The second-order valence-corrected chi connectivity index (χ2v) is 7.03. The Morgan fingerprint density at radius 1 is 1.07 bits per heavy atom. The Balaban J connectivity index is 1.32. The highest BCUT2D eigenvalue weighted by Gasteiger charge is 2.19. The summed E-state index contributed by atoms with van der Waals surface area (Å²) in [5, 5.41) is 4.27. The van der Waals surface area contributed by atoms with E-state index in [1.165, 1.54) is 6.39 Å². The van der Waals surface area contributed by atoms with Crippen molar-refractivity contribution in [2.75, 3.05) is 38.7 Å². The SMILES string of the molecule is CN1CCN(C(=O)c2ccc(/C=N/Nc3ccc(-c4cnco4)cc3)cc2)CC1. The summed E-state index contributed by atoms with van der Waals surface area (Å²) in [5.41, 5.74) is 6.46. The molecule has 0 radical (unpaired) electrons. The van der Waals surface area contributed by atoms with Crippen molar-refractivity contribution >= 4 is 17.8 Å². The summed E-state index contributed by atoms with van der Waals surface area (Å²) >= 11 is 0. The van der Waals surface area contributed by atoms with Crippen LogP contribution in [0.4, 0.5) is 5.69 Å². The van der Waals surface area contributed by atoms with Crippen LogP contribution in [0, 0.1) is 0 Å². The van der Waals surface area contributed by atoms with Gasteiger partial charge >= 0.3 is 0 Å². The van der Waals surface area contributed by atoms with Crippen LogP contribution in [0.5, 0.6) is 0 Å². The number of hydrazone groups is 1. The zero-order valence-electron chi connectivity index (χ0n) is 16.3. The van der Waals surface area contributed by atoms with Crippen molar-refractivity contribution in [2.24, 2.45) is 5.10 Å². The van der Waals surface area contributed by atoms with Crippen molar-refractivity contribution in [3.05, 3.63) is 72.2 Å². The minimum absolute atomic E-state index is 0.0894. The number of carbonyl (C=O) groups excluding carboxylic acids is 1. The molecule has 1 amide bonds. The largest absolute Gasteiger partial charge is 0.444 e. The highest BCUT2D eigenvalue weighted by molar-refractivity contribution is 5.95. The summed E-state index contributed by atoms with van der Waals surface area (Å²) < 4.78 is 5.28. The van der Waals surface area contributed by atoms with Crippen LogP contribution in [0.3, 0.4) is 0 Å². The van der Waals surface area contributed by atoms with Crippen molar-refractivity contribution in [3.63, 3.8) is 0 Å². The Kier molecular flexibility index (Phi) is 5.67. The lowest BCUT2D eigenvalue weighted by molar-refractivity contribution is 0.0664. The lowest BCUT2D eigenvalue weighted by atomic mass is 10.1. The van der Waals surface area contributed by atoms with E-state index >= 15 is 0 Å². The van der Waals surface area contributed by atoms with Gasteiger partial charge in [-0.25, -0.2) is 4.98 Å². The number of hydrogen-bond donors (Lipinski definition) is 1. The quantitative estimate of drug-likeness (QED) is 0.536. The number of likely N-dealkylation sites (N-methyl/N-ethyl adjacent to an activating group) is 1. The van der Waals surface area contributed by atoms with Crippen molar-refractivity contribution in [3.8, 4) is 11.3 Å². The normalized spacial score (nSPS) is 15.0. The Hall–Kier alpha value is -3.45. The fourth-order valence-corrected chi connectivity index (χ4v) is 3.15. The van der Waals surface area contributed by atoms with Gasteiger partial charge in [0.05, 0.1) is 18.1 Å². The number of nitrogens with zero attached hydrogens (tertiary/aromatic N) is 4. The lowest BCUT2D eigenvalue weighted by Gasteiger charge is -2.32. The molecule has 3 aromatic rings. The van der Waals surface area contributed by atoms with Crippen LogP contribution in [-0.2, 0) is 0 Å². The van der Waals surface area contributed by atoms with Gasteiger partial charge in [0.1, 0.15) is 0 Å². The maximum Gasteiger partial charge on any atom is 0.253 e. The number of carbonyl (C=O) groups is 1. The van der Waals surface area contributed by atoms with E-state index in [-0.39, 0.29) is 5.91 Å². The smallest absolute Gasteiger partial charge is 0.253 e. The summed E-state index contributed by atoms with van der Waals surface area (Å²) in [6.07, 6.45) is 4.82. The molecule has 0 unspecified atom stereocenters. The van der Waals surface area contributed by atoms with Crippen molar-refractivity contribution in [1.82, 2.24) is 14.8 Å². The Morgan fingerprint density at radius 3 is 2.45 bits per heavy atom. The molecule has 1 aliphatic heterocycles. The average Bonchev–Trinajstić information content (AvgIpc) is 3.30. The van der Waals surface area contributed by atoms with E-state index in [2.05, 4.69) is 27.5 Å². The van der Waals surface area contributed by atoms with Crippen molar-refractivity contribution < 1.29 is 9.21 Å². The van der Waals surface area contributed by atoms with Gasteiger partial charge in [-0.1, -0.05) is 12.1 Å². The maximum atomic E-state index is 12.6. The van der Waals surface area contributed by atoms with Gasteiger partial charge in [0.15, 0.2) is 12.2 Å². The van der Waals surface area contributed by atoms with Crippen molar-refractivity contribution in [1.29, 1.82) is 0 Å². The Morgan fingerprint density at radius 2 is 1.79 bits per heavy atom. The predicted octanol–water partition coefficient (Wildman–Crippen LogP) is 3.18. The minimum atomic E-state index is 0.0894. The van der Waals surface area contributed by atoms with Gasteiger partial charge in [-0.15, -0.1) is 0 Å². The van der Waals surface area contributed by atoms with Crippen LogP contribution in [0.15, 0.2) is 70.6 Å². The van der Waals surface area contributed by atoms with Gasteiger partial charge in [-0.05, 0) is 49.0 Å². The number of benzene rings is 2. The van der Waals surface area contributed by atoms with Gasteiger partial charge < -0.3 is 14.2 Å². The fourth-order valence-electron chi connectivity index (χ4n) is 3.15. The molecule has 0 saturated carbocycles. The molecule has 1 aromatic heterocycles. The van der Waals surface area contributed by atoms with Crippen LogP contribution >= 0.6 is 0 Å². The van der Waals surface area contributed by atoms with Gasteiger partial charge in [0, 0.05) is 37.3 Å². The average molecular weight is 389 g/mol. The van der Waals surface area contributed by atoms with E-state index in [0.717, 1.165) is 48.8 Å². The molecule has 1 fully saturated rings. The maximum absolute atomic E-state index is 12.6. The van der Waals surface area contributed by atoms with E-state index in [1.807, 2.05) is 53.4 Å². The van der Waals surface area contributed by atoms with Gasteiger partial charge in [0.25, 0.3) is 5.91 Å². The predicted molar refractivity (Wildman–Crippen MR) is 113 cm³/mol. The third-order valence-corrected chi connectivity index (χ3v) is 4.96. The van der Waals surface area contributed by atoms with E-state index in [4.69, 9.17) is 4.42 Å². The van der Waals surface area contributed by atoms with Crippen LogP contribution in [0.25, 0.3) is 11.3 Å². The summed E-state index contributed by atoms with van der Waals surface area (Å²) in [7, 11) is 2.08. The number of anilines is 1. The van der Waals surface area contributed by atoms with E-state index in [0.29, 0.717) is 5.56 Å². The standard InChI is InChI=1S/C22H23N5O2/c1-26-10-12-27(13-11-26)22(28)19-4-2-17(3-5-19)14-24-25-20-8-6-18(7-9-20)21-15-23-16-29-21/h2-9,14-16,25H,10-13H2,1H3/b24-14+. The molecular weight excluding hydrogens is 366 g/mol. The number of piperazine rings is 1. The molecule has 0 atom stereocenters. The summed E-state index contributed by atoms with van der Waals surface area (Å²) in [4.78, 5) is 20.6. The van der Waals surface area contributed by atoms with Crippen LogP contribution < -0.4 is 5.43 Å². The lowest BCUT2D eigenvalue weighted by Crippen LogP contribution is -2.47. The highest BCUT2D eigenvalue weighted by atomic mass is 16.3. The van der Waals surface area contributed by atoms with Crippen molar-refractivity contribution in [2.45, 2.75) is 0 Å². The molecule has 7 heteroatoms. The molecule has 1 aliphatic rings. The second kappa shape index (κ2) is 8.70. The molecule has 0 aliphatic carbocycles. The molecule has 148 valence electrons. The van der Waals surface area contributed by atoms with Gasteiger partial charge in [-0.2, -0.15) is 5.10 Å². The number of nitrogens with one attached hydrogen (secondary N) is 1. The van der Waals surface area contributed by atoms with Gasteiger partial charge in [-0.3, -0.25) is 10.2 Å². The number of aromatic nitrogens is 1. The molecule has 2 aromatic carbocycles. The molecule has 0 bridgehead atoms. The molecular formula is C22H23N5O2. The van der Waals surface area contributed by atoms with Crippen LogP contribution in [0.1, 0.15) is 15.9 Å². The third-order valence-electron chi connectivity index (χ3n) is 4.96. The minimum Gasteiger partial charge on any atom is -0.444 e. The molecule has 7 nitrogen and oxygen atoms in total. The third kappa shape index (κ3) is 4.70. The Labute approximate surface area is 169 Å². The molecule has 1 N–H and O–H groups in total. The molecule has 1 saturated heterocycles. The molecule has 29 heavy (non-hydrogen) atoms. The number of oxazole rings is 1. The summed E-state index contributed by atoms with van der Waals surface area (Å²) in [5.74, 6) is 0.817. The second-order valence-electron chi connectivity index (χ2n) is 7.03. The first-order valence-electron chi connectivity index (χ1n) is 9.55. The molecule has 4 rings (SSSR count). The molecule has 2 heterocycles. The van der Waals surface area contributed by atoms with E-state index in [1.54, 1.807) is 12.4 Å². The first-order valence-corrected chi connectivity index (χ1v) is 9.55. The molecule has 0 spiro atoms. The van der Waals surface area contributed by atoms with E-state index < -0.39 is 0 Å². The van der Waals surface area contributed by atoms with E-state index in [9.17, 15) is 4.79 Å². The van der Waals surface area contributed by atoms with Crippen LogP contribution in [0.2, 0.25) is 0 Å². The zero-order valence-corrected chi connectivity index (χ0v) is 16.3. The number of rotatable bonds is 5. The monoisotopic (exact) mass is 389 g/mol.